The molecular formula is C20H32IN5S. The fourth-order valence-corrected chi connectivity index (χ4v) is 4.20. The van der Waals surface area contributed by atoms with Gasteiger partial charge in [-0.3, -0.25) is 9.67 Å². The van der Waals surface area contributed by atoms with Crippen LogP contribution >= 0.6 is 35.3 Å². The molecule has 0 spiro atoms. The van der Waals surface area contributed by atoms with Crippen LogP contribution in [0.1, 0.15) is 56.3 Å². The number of fused-ring (bicyclic) bond motifs is 1. The summed E-state index contributed by atoms with van der Waals surface area (Å²) in [6.07, 6.45) is 5.38. The quantitative estimate of drug-likeness (QED) is 0.368. The lowest BCUT2D eigenvalue weighted by Crippen LogP contribution is -2.48. The van der Waals surface area contributed by atoms with Gasteiger partial charge in [-0.2, -0.15) is 5.10 Å². The van der Waals surface area contributed by atoms with Crippen molar-refractivity contribution in [3.05, 3.63) is 39.8 Å². The first-order valence-electron chi connectivity index (χ1n) is 9.47. The van der Waals surface area contributed by atoms with Crippen LogP contribution in [0.2, 0.25) is 0 Å². The van der Waals surface area contributed by atoms with Crippen molar-refractivity contribution in [2.75, 3.05) is 13.6 Å². The van der Waals surface area contributed by atoms with E-state index < -0.39 is 0 Å². The predicted octanol–water partition coefficient (Wildman–Crippen LogP) is 4.14. The number of aromatic nitrogens is 2. The monoisotopic (exact) mass is 501 g/mol. The van der Waals surface area contributed by atoms with Crippen molar-refractivity contribution >= 4 is 41.3 Å². The van der Waals surface area contributed by atoms with Gasteiger partial charge in [0.15, 0.2) is 5.96 Å². The summed E-state index contributed by atoms with van der Waals surface area (Å²) in [5.41, 5.74) is 2.72. The zero-order valence-electron chi connectivity index (χ0n) is 17.0. The molecule has 0 saturated carbocycles. The minimum Gasteiger partial charge on any atom is -0.356 e. The van der Waals surface area contributed by atoms with Gasteiger partial charge in [-0.1, -0.05) is 19.9 Å². The molecule has 0 aliphatic heterocycles. The first kappa shape index (κ1) is 22.2. The molecule has 1 aliphatic rings. The van der Waals surface area contributed by atoms with E-state index in [9.17, 15) is 0 Å². The molecule has 0 radical (unpaired) electrons. The topological polar surface area (TPSA) is 54.2 Å². The van der Waals surface area contributed by atoms with Gasteiger partial charge in [-0.15, -0.1) is 35.3 Å². The van der Waals surface area contributed by atoms with Crippen LogP contribution in [0.25, 0.3) is 0 Å². The van der Waals surface area contributed by atoms with Crippen molar-refractivity contribution in [2.45, 2.75) is 64.5 Å². The molecular weight excluding hydrogens is 469 g/mol. The van der Waals surface area contributed by atoms with Crippen molar-refractivity contribution in [1.29, 1.82) is 0 Å². The van der Waals surface area contributed by atoms with Gasteiger partial charge in [-0.25, -0.2) is 0 Å². The maximum atomic E-state index is 4.77. The molecule has 3 rings (SSSR count). The number of nitrogens with one attached hydrogen (secondary N) is 2. The molecule has 0 bridgehead atoms. The van der Waals surface area contributed by atoms with E-state index in [0.29, 0.717) is 12.1 Å². The van der Waals surface area contributed by atoms with Gasteiger partial charge in [0.1, 0.15) is 0 Å². The van der Waals surface area contributed by atoms with Crippen molar-refractivity contribution in [3.8, 4) is 0 Å². The minimum atomic E-state index is 0. The number of guanidine groups is 1. The molecule has 2 aromatic rings. The highest BCUT2D eigenvalue weighted by atomic mass is 127. The molecule has 150 valence electrons. The third kappa shape index (κ3) is 5.47. The second-order valence-corrected chi connectivity index (χ2v) is 8.99. The Morgan fingerprint density at radius 1 is 1.44 bits per heavy atom. The van der Waals surface area contributed by atoms with Crippen LogP contribution in [0.4, 0.5) is 0 Å². The predicted molar refractivity (Wildman–Crippen MR) is 126 cm³/mol. The third-order valence-electron chi connectivity index (χ3n) is 5.08. The summed E-state index contributed by atoms with van der Waals surface area (Å²) in [5.74, 6) is 0.881. The molecule has 0 saturated heterocycles. The van der Waals surface area contributed by atoms with E-state index in [-0.39, 0.29) is 29.4 Å². The fraction of sp³-hybridized carbons (Fsp3) is 0.600. The van der Waals surface area contributed by atoms with Crippen LogP contribution in [0.5, 0.6) is 0 Å². The second kappa shape index (κ2) is 9.41. The van der Waals surface area contributed by atoms with Crippen LogP contribution in [0.3, 0.4) is 0 Å². The first-order valence-corrected chi connectivity index (χ1v) is 10.3. The Morgan fingerprint density at radius 2 is 2.22 bits per heavy atom. The third-order valence-corrected chi connectivity index (χ3v) is 6.31. The molecule has 2 heterocycles. The van der Waals surface area contributed by atoms with Crippen molar-refractivity contribution in [2.24, 2.45) is 4.99 Å². The summed E-state index contributed by atoms with van der Waals surface area (Å²) in [7, 11) is 1.84. The van der Waals surface area contributed by atoms with Crippen molar-refractivity contribution in [1.82, 2.24) is 20.4 Å². The highest BCUT2D eigenvalue weighted by Crippen LogP contribution is 2.26. The first-order chi connectivity index (χ1) is 12.4. The molecule has 0 fully saturated rings. The summed E-state index contributed by atoms with van der Waals surface area (Å²) >= 11 is 1.81. The number of nitrogens with zero attached hydrogens (tertiary/aromatic N) is 3. The van der Waals surface area contributed by atoms with E-state index in [1.54, 1.807) is 0 Å². The lowest BCUT2D eigenvalue weighted by molar-refractivity contribution is 0.486. The van der Waals surface area contributed by atoms with Gasteiger partial charge < -0.3 is 10.6 Å². The number of halogens is 1. The molecule has 1 atom stereocenters. The standard InChI is InChI=1S/C20H31N5S.HI/c1-14(2)25-12-15-8-9-16(11-17(15)24-25)23-19(21-5)22-13-20(3,4)18-7-6-10-26-18;/h6-7,10,12,14,16H,8-9,11,13H2,1-5H3,(H2,21,22,23);1H. The van der Waals surface area contributed by atoms with Crippen LogP contribution in [0, 0.1) is 0 Å². The SMILES string of the molecule is CN=C(NCC(C)(C)c1cccs1)NC1CCc2cn(C(C)C)nc2C1.I. The van der Waals surface area contributed by atoms with Gasteiger partial charge >= 0.3 is 0 Å². The van der Waals surface area contributed by atoms with E-state index in [1.165, 1.54) is 16.1 Å². The van der Waals surface area contributed by atoms with E-state index in [0.717, 1.165) is 31.8 Å². The number of aryl methyl sites for hydroxylation is 1. The van der Waals surface area contributed by atoms with Crippen molar-refractivity contribution in [3.63, 3.8) is 0 Å². The largest absolute Gasteiger partial charge is 0.356 e. The van der Waals surface area contributed by atoms with Gasteiger partial charge in [0.05, 0.1) is 5.69 Å². The molecule has 0 amide bonds. The van der Waals surface area contributed by atoms with Crippen LogP contribution in [-0.4, -0.2) is 35.4 Å². The Balaban J connectivity index is 0.00000261. The summed E-state index contributed by atoms with van der Waals surface area (Å²) in [6, 6.07) is 5.12. The normalized spacial score (nSPS) is 17.4. The molecule has 2 N–H and O–H groups in total. The van der Waals surface area contributed by atoms with Crippen LogP contribution in [-0.2, 0) is 18.3 Å². The molecule has 27 heavy (non-hydrogen) atoms. The maximum Gasteiger partial charge on any atom is 0.191 e. The molecule has 7 heteroatoms. The second-order valence-electron chi connectivity index (χ2n) is 8.05. The summed E-state index contributed by atoms with van der Waals surface area (Å²) < 4.78 is 2.09. The summed E-state index contributed by atoms with van der Waals surface area (Å²) in [6.45, 7) is 9.74. The van der Waals surface area contributed by atoms with Gasteiger partial charge in [0.25, 0.3) is 0 Å². The highest BCUT2D eigenvalue weighted by Gasteiger charge is 2.25. The Morgan fingerprint density at radius 3 is 2.85 bits per heavy atom. The van der Waals surface area contributed by atoms with E-state index in [4.69, 9.17) is 5.10 Å². The summed E-state index contributed by atoms with van der Waals surface area (Å²) in [5, 5.41) is 14.0. The Labute approximate surface area is 184 Å². The molecule has 5 nitrogen and oxygen atoms in total. The number of hydrogen-bond acceptors (Lipinski definition) is 3. The number of aliphatic imine (C=N–C) groups is 1. The zero-order valence-corrected chi connectivity index (χ0v) is 20.1. The number of rotatable bonds is 5. The number of thiophene rings is 1. The van der Waals surface area contributed by atoms with Crippen molar-refractivity contribution < 1.29 is 0 Å². The molecule has 1 unspecified atom stereocenters. The van der Waals surface area contributed by atoms with Crippen LogP contribution in [0.15, 0.2) is 28.7 Å². The number of hydrogen-bond donors (Lipinski definition) is 2. The zero-order chi connectivity index (χ0) is 18.7. The molecule has 1 aliphatic carbocycles. The average Bonchev–Trinajstić information content (AvgIpc) is 3.27. The Kier molecular flexibility index (Phi) is 7.73. The molecule has 0 aromatic carbocycles. The fourth-order valence-electron chi connectivity index (χ4n) is 3.34. The summed E-state index contributed by atoms with van der Waals surface area (Å²) in [4.78, 5) is 5.82. The van der Waals surface area contributed by atoms with Gasteiger partial charge in [-0.05, 0) is 43.7 Å². The van der Waals surface area contributed by atoms with Crippen LogP contribution < -0.4 is 10.6 Å². The highest BCUT2D eigenvalue weighted by molar-refractivity contribution is 14.0. The van der Waals surface area contributed by atoms with Gasteiger partial charge in [0.2, 0.25) is 0 Å². The Bertz CT molecular complexity index is 749. The van der Waals surface area contributed by atoms with E-state index >= 15 is 0 Å². The van der Waals surface area contributed by atoms with E-state index in [1.807, 2.05) is 18.4 Å². The lowest BCUT2D eigenvalue weighted by Gasteiger charge is -2.28. The average molecular weight is 501 g/mol. The smallest absolute Gasteiger partial charge is 0.191 e. The van der Waals surface area contributed by atoms with E-state index in [2.05, 4.69) is 71.7 Å². The maximum absolute atomic E-state index is 4.77. The van der Waals surface area contributed by atoms with Gasteiger partial charge in [0, 0.05) is 48.6 Å². The minimum absolute atomic E-state index is 0. The lowest BCUT2D eigenvalue weighted by atomic mass is 9.91. The Hall–Kier alpha value is -1.09. The molecule has 2 aromatic heterocycles.